The number of hydrogen-bond donors (Lipinski definition) is 0. The fraction of sp³-hybridized carbons (Fsp3) is 0.700. The van der Waals surface area contributed by atoms with E-state index in [1.807, 2.05) is 0 Å². The summed E-state index contributed by atoms with van der Waals surface area (Å²) in [5.41, 5.74) is 2.08. The van der Waals surface area contributed by atoms with E-state index < -0.39 is 20.4 Å². The summed E-state index contributed by atoms with van der Waals surface area (Å²) in [5, 5.41) is 0. The van der Waals surface area contributed by atoms with Crippen molar-refractivity contribution in [2.45, 2.75) is 81.8 Å². The van der Waals surface area contributed by atoms with Crippen molar-refractivity contribution in [1.29, 1.82) is 0 Å². The summed E-state index contributed by atoms with van der Waals surface area (Å²) in [6.07, 6.45) is 11.1. The second-order valence-electron chi connectivity index (χ2n) is 7.85. The van der Waals surface area contributed by atoms with Crippen molar-refractivity contribution in [3.05, 3.63) is 35.4 Å². The lowest BCUT2D eigenvalue weighted by Gasteiger charge is -2.37. The highest BCUT2D eigenvalue weighted by atomic mass is 28.3. The van der Waals surface area contributed by atoms with Crippen molar-refractivity contribution in [3.63, 3.8) is 0 Å². The first-order valence-electron chi connectivity index (χ1n) is 9.62. The first kappa shape index (κ1) is 17.1. The topological polar surface area (TPSA) is 0 Å². The number of hydrogen-bond acceptors (Lipinski definition) is 0. The van der Waals surface area contributed by atoms with E-state index in [4.69, 9.17) is 0 Å². The molecule has 0 nitrogen and oxygen atoms in total. The van der Waals surface area contributed by atoms with Crippen LogP contribution in [0.15, 0.2) is 18.2 Å². The van der Waals surface area contributed by atoms with Gasteiger partial charge in [0.1, 0.15) is 0 Å². The van der Waals surface area contributed by atoms with Gasteiger partial charge in [-0.05, 0) is 47.9 Å². The second-order valence-corrected chi connectivity index (χ2v) is 11.5. The molecule has 0 radical (unpaired) electrons. The van der Waals surface area contributed by atoms with Gasteiger partial charge in [-0.25, -0.2) is 8.78 Å². The molecule has 1 aromatic rings. The van der Waals surface area contributed by atoms with Crippen LogP contribution in [0.5, 0.6) is 0 Å². The Hall–Kier alpha value is -0.703. The molecule has 0 atom stereocenters. The predicted molar refractivity (Wildman–Crippen MR) is 95.7 cm³/mol. The Balaban J connectivity index is 1.50. The molecule has 23 heavy (non-hydrogen) atoms. The lowest BCUT2D eigenvalue weighted by Crippen LogP contribution is -2.29. The van der Waals surface area contributed by atoms with Crippen molar-refractivity contribution in [3.8, 4) is 0 Å². The highest BCUT2D eigenvalue weighted by Gasteiger charge is 2.32. The van der Waals surface area contributed by atoms with Crippen LogP contribution in [-0.4, -0.2) is 8.80 Å². The summed E-state index contributed by atoms with van der Waals surface area (Å²) in [6, 6.07) is 7.33. The minimum absolute atomic E-state index is 0.463. The smallest absolute Gasteiger partial charge is 0.159 e. The molecule has 2 fully saturated rings. The summed E-state index contributed by atoms with van der Waals surface area (Å²) >= 11 is 0. The van der Waals surface area contributed by atoms with Gasteiger partial charge in [0.05, 0.1) is 0 Å². The summed E-state index contributed by atoms with van der Waals surface area (Å²) in [6.45, 7) is 2.31. The highest BCUT2D eigenvalue weighted by molar-refractivity contribution is 6.60. The van der Waals surface area contributed by atoms with Crippen LogP contribution in [-0.2, 0) is 0 Å². The van der Waals surface area contributed by atoms with Gasteiger partial charge in [-0.1, -0.05) is 63.6 Å². The van der Waals surface area contributed by atoms with Crippen LogP contribution in [0.1, 0.15) is 69.8 Å². The minimum atomic E-state index is -0.722. The molecule has 0 bridgehead atoms. The Morgan fingerprint density at radius 3 is 2.26 bits per heavy atom. The SMILES string of the molecule is CCC[C@H]1CC[C@H]([SiH]2CCC(c3ccc(F)c(F)c3)CC2)CC1. The Labute approximate surface area is 141 Å². The van der Waals surface area contributed by atoms with E-state index >= 15 is 0 Å². The quantitative estimate of drug-likeness (QED) is 0.556. The summed E-state index contributed by atoms with van der Waals surface area (Å²) in [4.78, 5) is 0. The molecular formula is C20H30F2Si. The maximum atomic E-state index is 13.4. The number of benzene rings is 1. The molecule has 1 saturated heterocycles. The normalized spacial score (nSPS) is 32.0. The van der Waals surface area contributed by atoms with Gasteiger partial charge in [-0.3, -0.25) is 0 Å². The van der Waals surface area contributed by atoms with Crippen LogP contribution in [0, 0.1) is 17.6 Å². The zero-order valence-electron chi connectivity index (χ0n) is 14.4. The largest absolute Gasteiger partial charge is 0.204 e. The van der Waals surface area contributed by atoms with E-state index in [-0.39, 0.29) is 0 Å². The fourth-order valence-electron chi connectivity index (χ4n) is 5.05. The average molecular weight is 337 g/mol. The Morgan fingerprint density at radius 1 is 0.957 bits per heavy atom. The molecule has 0 aromatic heterocycles. The summed E-state index contributed by atoms with van der Waals surface area (Å²) in [7, 11) is -0.607. The van der Waals surface area contributed by atoms with Crippen molar-refractivity contribution >= 4 is 8.80 Å². The first-order chi connectivity index (χ1) is 11.2. The minimum Gasteiger partial charge on any atom is -0.204 e. The van der Waals surface area contributed by atoms with Gasteiger partial charge in [0.25, 0.3) is 0 Å². The third-order valence-electron chi connectivity index (χ3n) is 6.44. The van der Waals surface area contributed by atoms with Gasteiger partial charge < -0.3 is 0 Å². The second kappa shape index (κ2) is 7.91. The maximum Gasteiger partial charge on any atom is 0.159 e. The van der Waals surface area contributed by atoms with Gasteiger partial charge in [0, 0.05) is 8.80 Å². The third kappa shape index (κ3) is 4.23. The Morgan fingerprint density at radius 2 is 1.65 bits per heavy atom. The molecule has 0 unspecified atom stereocenters. The molecule has 128 valence electrons. The third-order valence-corrected chi connectivity index (χ3v) is 10.6. The van der Waals surface area contributed by atoms with Gasteiger partial charge in [-0.15, -0.1) is 0 Å². The average Bonchev–Trinajstić information content (AvgIpc) is 2.59. The zero-order valence-corrected chi connectivity index (χ0v) is 15.5. The van der Waals surface area contributed by atoms with Gasteiger partial charge in [0.15, 0.2) is 11.6 Å². The van der Waals surface area contributed by atoms with E-state index in [1.54, 1.807) is 6.07 Å². The predicted octanol–water partition coefficient (Wildman–Crippen LogP) is 6.43. The first-order valence-corrected chi connectivity index (χ1v) is 11.9. The van der Waals surface area contributed by atoms with Crippen molar-refractivity contribution in [2.75, 3.05) is 0 Å². The summed E-state index contributed by atoms with van der Waals surface area (Å²) < 4.78 is 26.5. The standard InChI is InChI=1S/C20H30F2Si/c1-2-3-15-4-7-18(8-5-15)23-12-10-16(11-13-23)17-6-9-19(21)20(22)14-17/h6,9,14-16,18,23H,2-5,7-8,10-13H2,1H3/t15-,16?,18-,23?. The molecule has 3 rings (SSSR count). The molecule has 1 aliphatic heterocycles. The summed E-state index contributed by atoms with van der Waals surface area (Å²) in [5.74, 6) is 0.0609. The van der Waals surface area contributed by atoms with Crippen molar-refractivity contribution in [2.24, 2.45) is 5.92 Å². The van der Waals surface area contributed by atoms with Gasteiger partial charge in [0.2, 0.25) is 0 Å². The van der Waals surface area contributed by atoms with Crippen LogP contribution in [0.25, 0.3) is 0 Å². The molecule has 1 saturated carbocycles. The highest BCUT2D eigenvalue weighted by Crippen LogP contribution is 2.43. The van der Waals surface area contributed by atoms with E-state index in [0.717, 1.165) is 17.0 Å². The van der Waals surface area contributed by atoms with Gasteiger partial charge >= 0.3 is 0 Å². The molecule has 3 heteroatoms. The monoisotopic (exact) mass is 336 g/mol. The van der Waals surface area contributed by atoms with Crippen LogP contribution in [0.3, 0.4) is 0 Å². The molecule has 0 spiro atoms. The van der Waals surface area contributed by atoms with Crippen LogP contribution in [0.2, 0.25) is 17.6 Å². The number of halogens is 2. The molecule has 0 N–H and O–H groups in total. The van der Waals surface area contributed by atoms with Gasteiger partial charge in [-0.2, -0.15) is 0 Å². The van der Waals surface area contributed by atoms with Crippen LogP contribution in [0.4, 0.5) is 8.78 Å². The van der Waals surface area contributed by atoms with Crippen molar-refractivity contribution in [1.82, 2.24) is 0 Å². The molecule has 1 aromatic carbocycles. The zero-order chi connectivity index (χ0) is 16.2. The molecule has 1 heterocycles. The van der Waals surface area contributed by atoms with Crippen LogP contribution < -0.4 is 0 Å². The molecule has 2 aliphatic rings. The van der Waals surface area contributed by atoms with E-state index in [0.29, 0.717) is 5.92 Å². The Kier molecular flexibility index (Phi) is 5.89. The lowest BCUT2D eigenvalue weighted by molar-refractivity contribution is 0.332. The Bertz CT molecular complexity index is 500. The van der Waals surface area contributed by atoms with E-state index in [2.05, 4.69) is 6.92 Å². The lowest BCUT2D eigenvalue weighted by atomic mass is 9.86. The maximum absolute atomic E-state index is 13.4. The molecular weight excluding hydrogens is 306 g/mol. The van der Waals surface area contributed by atoms with E-state index in [9.17, 15) is 8.78 Å². The fourth-order valence-corrected chi connectivity index (χ4v) is 9.27. The van der Waals surface area contributed by atoms with Crippen LogP contribution >= 0.6 is 0 Å². The van der Waals surface area contributed by atoms with E-state index in [1.165, 1.54) is 75.6 Å². The molecule has 0 amide bonds. The molecule has 1 aliphatic carbocycles. The van der Waals surface area contributed by atoms with Crippen molar-refractivity contribution < 1.29 is 8.78 Å². The number of rotatable bonds is 4.